The zero-order valence-corrected chi connectivity index (χ0v) is 18.5. The Morgan fingerprint density at radius 2 is 2.03 bits per heavy atom. The number of hydrogen-bond donors (Lipinski definition) is 0. The van der Waals surface area contributed by atoms with E-state index < -0.39 is 0 Å². The quantitative estimate of drug-likeness (QED) is 0.563. The fourth-order valence-electron chi connectivity index (χ4n) is 3.70. The van der Waals surface area contributed by atoms with E-state index in [1.54, 1.807) is 0 Å². The molecule has 0 amide bonds. The fraction of sp³-hybridized carbons (Fsp3) is 0.440. The van der Waals surface area contributed by atoms with E-state index in [9.17, 15) is 10.1 Å². The number of benzene rings is 2. The summed E-state index contributed by atoms with van der Waals surface area (Å²) < 4.78 is 16.4. The first-order chi connectivity index (χ1) is 15.0. The van der Waals surface area contributed by atoms with Crippen molar-refractivity contribution in [3.05, 3.63) is 58.7 Å². The molecule has 1 aliphatic rings. The molecule has 0 saturated carbocycles. The minimum absolute atomic E-state index is 0.0217. The third-order valence-electron chi connectivity index (χ3n) is 5.28. The molecule has 2 aromatic rings. The highest BCUT2D eigenvalue weighted by Crippen LogP contribution is 2.26. The lowest BCUT2D eigenvalue weighted by Crippen LogP contribution is -2.31. The first kappa shape index (κ1) is 22.6. The molecule has 0 radical (unpaired) electrons. The third-order valence-corrected chi connectivity index (χ3v) is 5.28. The van der Waals surface area contributed by atoms with Crippen molar-refractivity contribution < 1.29 is 19.0 Å². The normalized spacial score (nSPS) is 13.4. The van der Waals surface area contributed by atoms with Gasteiger partial charge < -0.3 is 14.2 Å². The monoisotopic (exact) mass is 422 g/mol. The molecule has 1 aliphatic heterocycles. The largest absolute Gasteiger partial charge is 0.490 e. The van der Waals surface area contributed by atoms with Gasteiger partial charge in [-0.2, -0.15) is 5.26 Å². The van der Waals surface area contributed by atoms with Gasteiger partial charge in [0, 0.05) is 19.5 Å². The Hall–Kier alpha value is -3.04. The summed E-state index contributed by atoms with van der Waals surface area (Å²) in [5, 5.41) is 9.39. The summed E-state index contributed by atoms with van der Waals surface area (Å²) in [6.07, 6.45) is 2.26. The van der Waals surface area contributed by atoms with Crippen molar-refractivity contribution in [2.24, 2.45) is 0 Å². The Bertz CT molecular complexity index is 949. The van der Waals surface area contributed by atoms with Gasteiger partial charge in [0.05, 0.1) is 18.8 Å². The lowest BCUT2D eigenvalue weighted by molar-refractivity contribution is -0.140. The zero-order valence-electron chi connectivity index (χ0n) is 18.5. The Balaban J connectivity index is 1.55. The van der Waals surface area contributed by atoms with Gasteiger partial charge in [0.25, 0.3) is 0 Å². The van der Waals surface area contributed by atoms with Crippen LogP contribution in [0.15, 0.2) is 36.4 Å². The zero-order chi connectivity index (χ0) is 22.2. The maximum Gasteiger partial charge on any atom is 0.305 e. The van der Waals surface area contributed by atoms with E-state index in [4.69, 9.17) is 14.2 Å². The molecule has 0 atom stereocenters. The molecule has 0 unspecified atom stereocenters. The van der Waals surface area contributed by atoms with Crippen molar-refractivity contribution in [2.45, 2.75) is 52.4 Å². The summed E-state index contributed by atoms with van der Waals surface area (Å²) in [6, 6.07) is 14.0. The van der Waals surface area contributed by atoms with Gasteiger partial charge in [-0.1, -0.05) is 12.1 Å². The summed E-state index contributed by atoms with van der Waals surface area (Å²) in [4.78, 5) is 13.6. The predicted octanol–water partition coefficient (Wildman–Crippen LogP) is 4.24. The van der Waals surface area contributed by atoms with Gasteiger partial charge >= 0.3 is 5.97 Å². The Labute approximate surface area is 184 Å². The van der Waals surface area contributed by atoms with Gasteiger partial charge in [0.15, 0.2) is 0 Å². The highest BCUT2D eigenvalue weighted by molar-refractivity contribution is 5.69. The van der Waals surface area contributed by atoms with E-state index in [1.165, 1.54) is 18.2 Å². The standard InChI is InChI=1S/C25H30N2O4/c1-18(2)31-24-9-6-19(13-22(24)15-26)17-30-23-8-7-21-16-27(12-10-20(21)14-23)11-4-5-25(28)29-3/h6-9,13-14,18H,4-5,10-12,16-17H2,1-3H3. The van der Waals surface area contributed by atoms with Crippen LogP contribution >= 0.6 is 0 Å². The van der Waals surface area contributed by atoms with Crippen molar-refractivity contribution in [1.82, 2.24) is 4.90 Å². The van der Waals surface area contributed by atoms with Gasteiger partial charge in [-0.05, 0) is 74.2 Å². The minimum atomic E-state index is -0.150. The molecule has 6 nitrogen and oxygen atoms in total. The second-order valence-corrected chi connectivity index (χ2v) is 8.03. The van der Waals surface area contributed by atoms with Crippen LogP contribution in [-0.4, -0.2) is 37.2 Å². The molecule has 31 heavy (non-hydrogen) atoms. The molecule has 0 saturated heterocycles. The van der Waals surface area contributed by atoms with E-state index in [0.29, 0.717) is 24.3 Å². The van der Waals surface area contributed by atoms with Crippen LogP contribution in [0.3, 0.4) is 0 Å². The van der Waals surface area contributed by atoms with Crippen molar-refractivity contribution in [2.75, 3.05) is 20.2 Å². The van der Waals surface area contributed by atoms with Gasteiger partial charge in [0.1, 0.15) is 24.2 Å². The third kappa shape index (κ3) is 6.47. The van der Waals surface area contributed by atoms with Crippen LogP contribution in [0.5, 0.6) is 11.5 Å². The molecule has 3 rings (SSSR count). The summed E-state index contributed by atoms with van der Waals surface area (Å²) in [6.45, 7) is 7.03. The molecule has 6 heteroatoms. The van der Waals surface area contributed by atoms with E-state index >= 15 is 0 Å². The highest BCUT2D eigenvalue weighted by atomic mass is 16.5. The second kappa shape index (κ2) is 10.8. The molecule has 0 aromatic heterocycles. The molecular weight excluding hydrogens is 392 g/mol. The highest BCUT2D eigenvalue weighted by Gasteiger charge is 2.17. The molecule has 0 fully saturated rings. The van der Waals surface area contributed by atoms with Gasteiger partial charge in [0.2, 0.25) is 0 Å². The summed E-state index contributed by atoms with van der Waals surface area (Å²) in [7, 11) is 1.43. The van der Waals surface area contributed by atoms with Crippen LogP contribution in [0.4, 0.5) is 0 Å². The maximum atomic E-state index is 11.3. The molecule has 0 bridgehead atoms. The first-order valence-electron chi connectivity index (χ1n) is 10.7. The lowest BCUT2D eigenvalue weighted by atomic mass is 9.99. The molecule has 0 spiro atoms. The SMILES string of the molecule is COC(=O)CCCN1CCc2cc(OCc3ccc(OC(C)C)c(C#N)c3)ccc2C1. The Morgan fingerprint density at radius 1 is 1.19 bits per heavy atom. The predicted molar refractivity (Wildman–Crippen MR) is 118 cm³/mol. The first-order valence-corrected chi connectivity index (χ1v) is 10.7. The number of hydrogen-bond acceptors (Lipinski definition) is 6. The number of nitriles is 1. The van der Waals surface area contributed by atoms with Crippen molar-refractivity contribution in [1.29, 1.82) is 5.26 Å². The van der Waals surface area contributed by atoms with E-state index in [-0.39, 0.29) is 12.1 Å². The number of ether oxygens (including phenoxy) is 3. The van der Waals surface area contributed by atoms with Gasteiger partial charge in [-0.3, -0.25) is 9.69 Å². The summed E-state index contributed by atoms with van der Waals surface area (Å²) in [5.74, 6) is 1.29. The topological polar surface area (TPSA) is 71.8 Å². The van der Waals surface area contributed by atoms with Gasteiger partial charge in [-0.25, -0.2) is 0 Å². The van der Waals surface area contributed by atoms with Crippen molar-refractivity contribution in [3.63, 3.8) is 0 Å². The average molecular weight is 423 g/mol. The Morgan fingerprint density at radius 3 is 2.77 bits per heavy atom. The van der Waals surface area contributed by atoms with Crippen LogP contribution < -0.4 is 9.47 Å². The number of methoxy groups -OCH3 is 1. The molecule has 0 N–H and O–H groups in total. The maximum absolute atomic E-state index is 11.3. The van der Waals surface area contributed by atoms with E-state index in [1.807, 2.05) is 38.1 Å². The van der Waals surface area contributed by atoms with Crippen LogP contribution in [-0.2, 0) is 29.1 Å². The van der Waals surface area contributed by atoms with Crippen LogP contribution in [0.25, 0.3) is 0 Å². The number of carbonyl (C=O) groups is 1. The molecule has 1 heterocycles. The van der Waals surface area contributed by atoms with Crippen molar-refractivity contribution >= 4 is 5.97 Å². The van der Waals surface area contributed by atoms with Crippen molar-refractivity contribution in [3.8, 4) is 17.6 Å². The summed E-state index contributed by atoms with van der Waals surface area (Å²) >= 11 is 0. The molecule has 2 aromatic carbocycles. The number of esters is 1. The lowest BCUT2D eigenvalue weighted by Gasteiger charge is -2.29. The number of nitrogens with zero attached hydrogens (tertiary/aromatic N) is 2. The van der Waals surface area contributed by atoms with Crippen LogP contribution in [0.2, 0.25) is 0 Å². The Kier molecular flexibility index (Phi) is 7.91. The van der Waals surface area contributed by atoms with E-state index in [0.717, 1.165) is 43.8 Å². The van der Waals surface area contributed by atoms with E-state index in [2.05, 4.69) is 23.1 Å². The second-order valence-electron chi connectivity index (χ2n) is 8.03. The number of rotatable bonds is 9. The fourth-order valence-corrected chi connectivity index (χ4v) is 3.70. The molecular formula is C25H30N2O4. The van der Waals surface area contributed by atoms with Crippen LogP contribution in [0.1, 0.15) is 48.9 Å². The molecule has 164 valence electrons. The minimum Gasteiger partial charge on any atom is -0.490 e. The number of carbonyl (C=O) groups excluding carboxylic acids is 1. The molecule has 0 aliphatic carbocycles. The smallest absolute Gasteiger partial charge is 0.305 e. The summed E-state index contributed by atoms with van der Waals surface area (Å²) in [5.41, 5.74) is 4.06. The van der Waals surface area contributed by atoms with Gasteiger partial charge in [-0.15, -0.1) is 0 Å². The van der Waals surface area contributed by atoms with Crippen LogP contribution in [0, 0.1) is 11.3 Å². The number of fused-ring (bicyclic) bond motifs is 1. The average Bonchev–Trinajstić information content (AvgIpc) is 2.77.